The molecule has 0 radical (unpaired) electrons. The van der Waals surface area contributed by atoms with Gasteiger partial charge in [0.25, 0.3) is 6.25 Å². The fraction of sp³-hybridized carbons (Fsp3) is 0.182. The topological polar surface area (TPSA) is 68.3 Å². The molecule has 0 heterocycles. The van der Waals surface area contributed by atoms with Crippen LogP contribution in [0, 0.1) is 0 Å². The van der Waals surface area contributed by atoms with E-state index in [9.17, 15) is 16.8 Å². The molecule has 182 valence electrons. The van der Waals surface area contributed by atoms with E-state index in [2.05, 4.69) is 0 Å². The summed E-state index contributed by atoms with van der Waals surface area (Å²) in [6, 6.07) is 15.8. The lowest BCUT2D eigenvalue weighted by atomic mass is 9.77. The highest BCUT2D eigenvalue weighted by Gasteiger charge is 2.49. The monoisotopic (exact) mass is 618 g/mol. The lowest BCUT2D eigenvalue weighted by Gasteiger charge is -2.33. The van der Waals surface area contributed by atoms with E-state index < -0.39 is 25.9 Å². The highest BCUT2D eigenvalue weighted by atomic mass is 35.6. The average molecular weight is 621 g/mol. The van der Waals surface area contributed by atoms with E-state index in [-0.39, 0.29) is 32.1 Å². The van der Waals surface area contributed by atoms with Crippen LogP contribution in [0.15, 0.2) is 83.0 Å². The Balaban J connectivity index is 2.62. The van der Waals surface area contributed by atoms with Gasteiger partial charge in [0, 0.05) is 11.1 Å². The first-order valence-electron chi connectivity index (χ1n) is 9.44. The van der Waals surface area contributed by atoms with Crippen LogP contribution in [-0.4, -0.2) is 23.1 Å². The second-order valence-corrected chi connectivity index (χ2v) is 17.3. The maximum absolute atomic E-state index is 13.5. The van der Waals surface area contributed by atoms with Gasteiger partial charge in [-0.3, -0.25) is 0 Å². The number of allylic oxidation sites excluding steroid dienone is 4. The van der Waals surface area contributed by atoms with Gasteiger partial charge in [-0.25, -0.2) is 16.8 Å². The number of sulfone groups is 2. The van der Waals surface area contributed by atoms with Crippen LogP contribution in [0.25, 0.3) is 9.81 Å². The third-order valence-corrected chi connectivity index (χ3v) is 12.1. The van der Waals surface area contributed by atoms with Gasteiger partial charge in [0.05, 0.1) is 9.81 Å². The zero-order valence-corrected chi connectivity index (χ0v) is 23.7. The molecule has 0 aromatic heterocycles. The predicted molar refractivity (Wildman–Crippen MR) is 144 cm³/mol. The second-order valence-electron chi connectivity index (χ2n) is 7.29. The number of hydrogen-bond acceptors (Lipinski definition) is 4. The minimum Gasteiger partial charge on any atom is -0.219 e. The highest BCUT2D eigenvalue weighted by Crippen LogP contribution is 2.54. The summed E-state index contributed by atoms with van der Waals surface area (Å²) in [5, 5.41) is 0. The zero-order valence-electron chi connectivity index (χ0n) is 17.5. The van der Waals surface area contributed by atoms with Crippen LogP contribution in [-0.2, 0) is 19.7 Å². The van der Waals surface area contributed by atoms with Gasteiger partial charge in [-0.1, -0.05) is 130 Å². The molecular weight excluding hydrogens is 605 g/mol. The van der Waals surface area contributed by atoms with Gasteiger partial charge >= 0.3 is 0 Å². The summed E-state index contributed by atoms with van der Waals surface area (Å²) in [6.45, 7) is 3.27. The summed E-state index contributed by atoms with van der Waals surface area (Å²) in [5.74, 6) is 0. The molecule has 0 N–H and O–H groups in total. The average Bonchev–Trinajstić information content (AvgIpc) is 2.75. The van der Waals surface area contributed by atoms with E-state index >= 15 is 0 Å². The molecule has 0 amide bonds. The maximum atomic E-state index is 13.5. The Morgan fingerprint density at radius 3 is 1.06 bits per heavy atom. The van der Waals surface area contributed by atoms with E-state index in [1.54, 1.807) is 50.2 Å². The molecule has 1 aliphatic carbocycles. The van der Waals surface area contributed by atoms with Crippen molar-refractivity contribution in [2.24, 2.45) is 0 Å². The number of alkyl halides is 6. The number of rotatable bonds is 4. The molecule has 3 rings (SSSR count). The summed E-state index contributed by atoms with van der Waals surface area (Å²) < 4.78 is 48.4. The first-order valence-corrected chi connectivity index (χ1v) is 14.7. The van der Waals surface area contributed by atoms with Gasteiger partial charge in [-0.05, 0) is 36.1 Å². The lowest BCUT2D eigenvalue weighted by molar-refractivity contribution is 0.604. The zero-order chi connectivity index (χ0) is 25.7. The largest absolute Gasteiger partial charge is 0.297 e. The summed E-state index contributed by atoms with van der Waals surface area (Å²) in [6.07, 6.45) is 0. The standard InChI is InChI=1S/C22H16Cl6O4S2/c1-13-14(2)18(20(16-11-7-4-8-12-16)34(31,32)22(26,27)28)17(13)19(15-9-5-3-6-10-15)33(29,30)21(23,24)25/h3-12H,1-2H3/b19-17+,20-18+. The van der Waals surface area contributed by atoms with E-state index in [0.717, 1.165) is 0 Å². The molecule has 0 saturated heterocycles. The van der Waals surface area contributed by atoms with Crippen molar-refractivity contribution in [3.63, 3.8) is 0 Å². The van der Waals surface area contributed by atoms with E-state index in [0.29, 0.717) is 11.1 Å². The van der Waals surface area contributed by atoms with Crippen molar-refractivity contribution in [3.05, 3.63) is 94.1 Å². The van der Waals surface area contributed by atoms with Crippen LogP contribution in [0.4, 0.5) is 0 Å². The Morgan fingerprint density at radius 2 is 0.824 bits per heavy atom. The number of benzene rings is 2. The van der Waals surface area contributed by atoms with Gasteiger partial charge < -0.3 is 0 Å². The fourth-order valence-corrected chi connectivity index (χ4v) is 7.33. The number of hydrogen-bond donors (Lipinski definition) is 0. The van der Waals surface area contributed by atoms with Crippen molar-refractivity contribution in [2.45, 2.75) is 20.1 Å². The smallest absolute Gasteiger partial charge is 0.219 e. The Morgan fingerprint density at radius 1 is 0.559 bits per heavy atom. The first kappa shape index (κ1) is 27.9. The van der Waals surface area contributed by atoms with Crippen LogP contribution >= 0.6 is 69.6 Å². The van der Waals surface area contributed by atoms with Crippen molar-refractivity contribution >= 4 is 99.1 Å². The van der Waals surface area contributed by atoms with Gasteiger partial charge in [-0.2, -0.15) is 0 Å². The summed E-state index contributed by atoms with van der Waals surface area (Å²) in [5.41, 5.74) is 1.50. The maximum Gasteiger partial charge on any atom is 0.297 e. The quantitative estimate of drug-likeness (QED) is 0.329. The predicted octanol–water partition coefficient (Wildman–Crippen LogP) is 7.64. The molecule has 0 unspecified atom stereocenters. The molecule has 0 bridgehead atoms. The van der Waals surface area contributed by atoms with Gasteiger partial charge in [0.2, 0.25) is 19.7 Å². The first-order chi connectivity index (χ1) is 15.5. The van der Waals surface area contributed by atoms with E-state index in [1.807, 2.05) is 0 Å². The molecule has 2 aromatic carbocycles. The Kier molecular flexibility index (Phi) is 7.90. The molecule has 2 aromatic rings. The minimum atomic E-state index is -4.62. The molecule has 12 heteroatoms. The summed E-state index contributed by atoms with van der Waals surface area (Å²) in [7, 11) is -9.25. The van der Waals surface area contributed by atoms with Crippen LogP contribution < -0.4 is 0 Å². The Labute approximate surface area is 228 Å². The second kappa shape index (κ2) is 9.64. The van der Waals surface area contributed by atoms with Crippen molar-refractivity contribution < 1.29 is 16.8 Å². The SMILES string of the molecule is CC1=C(C)C(=C(/c2ccccc2)S(=O)(=O)C(Cl)(Cl)Cl)/C1=C(\c1ccccc1)S(=O)(=O)C(Cl)(Cl)Cl. The molecule has 4 nitrogen and oxygen atoms in total. The Bertz CT molecular complexity index is 1320. The normalized spacial score (nSPS) is 18.5. The molecule has 1 aliphatic rings. The molecular formula is C22H16Cl6O4S2. The molecule has 0 atom stereocenters. The third-order valence-electron chi connectivity index (χ3n) is 5.24. The van der Waals surface area contributed by atoms with Crippen molar-refractivity contribution in [2.75, 3.05) is 0 Å². The van der Waals surface area contributed by atoms with Gasteiger partial charge in [0.15, 0.2) is 0 Å². The van der Waals surface area contributed by atoms with Crippen LogP contribution in [0.3, 0.4) is 0 Å². The van der Waals surface area contributed by atoms with Crippen molar-refractivity contribution in [1.82, 2.24) is 0 Å². The molecule has 0 saturated carbocycles. The van der Waals surface area contributed by atoms with Crippen molar-refractivity contribution in [3.8, 4) is 0 Å². The van der Waals surface area contributed by atoms with Crippen LogP contribution in [0.2, 0.25) is 0 Å². The molecule has 0 fully saturated rings. The summed E-state index contributed by atoms with van der Waals surface area (Å²) >= 11 is 35.3. The van der Waals surface area contributed by atoms with Crippen LogP contribution in [0.1, 0.15) is 25.0 Å². The molecule has 34 heavy (non-hydrogen) atoms. The number of halogens is 6. The molecule has 0 spiro atoms. The minimum absolute atomic E-state index is 0.0618. The Hall–Kier alpha value is -0.700. The fourth-order valence-electron chi connectivity index (χ4n) is 3.53. The van der Waals surface area contributed by atoms with E-state index in [4.69, 9.17) is 69.6 Å². The third kappa shape index (κ3) is 4.81. The van der Waals surface area contributed by atoms with Crippen molar-refractivity contribution in [1.29, 1.82) is 0 Å². The molecule has 0 aliphatic heterocycles. The summed E-state index contributed by atoms with van der Waals surface area (Å²) in [4.78, 5) is -0.696. The lowest BCUT2D eigenvalue weighted by Crippen LogP contribution is -2.27. The highest BCUT2D eigenvalue weighted by molar-refractivity contribution is 8.06. The van der Waals surface area contributed by atoms with E-state index in [1.165, 1.54) is 24.3 Å². The van der Waals surface area contributed by atoms with Gasteiger partial charge in [-0.15, -0.1) is 0 Å². The van der Waals surface area contributed by atoms with Gasteiger partial charge in [0.1, 0.15) is 0 Å². The van der Waals surface area contributed by atoms with Crippen LogP contribution in [0.5, 0.6) is 0 Å².